The van der Waals surface area contributed by atoms with Crippen molar-refractivity contribution < 1.29 is 9.84 Å². The monoisotopic (exact) mass is 250 g/mol. The van der Waals surface area contributed by atoms with Crippen molar-refractivity contribution in [2.45, 2.75) is 26.2 Å². The van der Waals surface area contributed by atoms with Crippen LogP contribution in [0.4, 0.5) is 0 Å². The normalized spacial score (nSPS) is 11.5. The second-order valence-electron chi connectivity index (χ2n) is 4.70. The molecule has 1 heterocycles. The Kier molecular flexibility index (Phi) is 3.02. The number of phenolic OH excluding ortho intramolecular Hbond substituents is 1. The molecule has 0 saturated carbocycles. The zero-order chi connectivity index (χ0) is 12.5. The van der Waals surface area contributed by atoms with Crippen LogP contribution in [0.15, 0.2) is 24.3 Å². The predicted molar refractivity (Wildman–Crippen MR) is 66.8 cm³/mol. The van der Waals surface area contributed by atoms with Crippen molar-refractivity contribution in [2.75, 3.05) is 0 Å². The third kappa shape index (κ3) is 2.74. The van der Waals surface area contributed by atoms with Crippen LogP contribution in [0.1, 0.15) is 26.6 Å². The number of ether oxygens (including phenoxy) is 1. The molecule has 0 atom stereocenters. The molecular formula is C12H14N2O2S. The Morgan fingerprint density at radius 1 is 1.24 bits per heavy atom. The first kappa shape index (κ1) is 11.9. The molecule has 2 rings (SSSR count). The smallest absolute Gasteiger partial charge is 0.298 e. The molecule has 0 saturated heterocycles. The fourth-order valence-electron chi connectivity index (χ4n) is 1.19. The van der Waals surface area contributed by atoms with Gasteiger partial charge in [0.25, 0.3) is 5.19 Å². The van der Waals surface area contributed by atoms with Crippen LogP contribution in [-0.2, 0) is 5.41 Å². The molecule has 0 unspecified atom stereocenters. The van der Waals surface area contributed by atoms with Gasteiger partial charge < -0.3 is 9.84 Å². The van der Waals surface area contributed by atoms with E-state index in [9.17, 15) is 5.11 Å². The third-order valence-corrected chi connectivity index (χ3v) is 2.74. The van der Waals surface area contributed by atoms with Gasteiger partial charge in [0, 0.05) is 16.9 Å². The van der Waals surface area contributed by atoms with Gasteiger partial charge in [-0.25, -0.2) is 0 Å². The molecule has 1 N–H and O–H groups in total. The minimum absolute atomic E-state index is 0.0972. The average Bonchev–Trinajstić information content (AvgIpc) is 2.69. The van der Waals surface area contributed by atoms with Crippen molar-refractivity contribution >= 4 is 11.5 Å². The lowest BCUT2D eigenvalue weighted by atomic mass is 9.96. The molecule has 0 spiro atoms. The van der Waals surface area contributed by atoms with Crippen molar-refractivity contribution in [3.63, 3.8) is 0 Å². The zero-order valence-electron chi connectivity index (χ0n) is 9.97. The Bertz CT molecular complexity index is 517. The number of hydrogen-bond acceptors (Lipinski definition) is 5. The van der Waals surface area contributed by atoms with Crippen LogP contribution in [-0.4, -0.2) is 14.5 Å². The average molecular weight is 250 g/mol. The zero-order valence-corrected chi connectivity index (χ0v) is 10.8. The Labute approximate surface area is 104 Å². The number of aromatic nitrogens is 2. The van der Waals surface area contributed by atoms with E-state index in [0.29, 0.717) is 10.9 Å². The van der Waals surface area contributed by atoms with E-state index < -0.39 is 0 Å². The van der Waals surface area contributed by atoms with E-state index in [0.717, 1.165) is 5.82 Å². The first-order chi connectivity index (χ1) is 7.97. The van der Waals surface area contributed by atoms with E-state index in [4.69, 9.17) is 4.74 Å². The molecule has 5 heteroatoms. The van der Waals surface area contributed by atoms with Gasteiger partial charge in [-0.05, 0) is 12.1 Å². The summed E-state index contributed by atoms with van der Waals surface area (Å²) in [4.78, 5) is 4.29. The molecule has 0 aliphatic heterocycles. The summed E-state index contributed by atoms with van der Waals surface area (Å²) in [7, 11) is 0. The molecule has 0 aliphatic rings. The molecule has 17 heavy (non-hydrogen) atoms. The Balaban J connectivity index is 2.21. The van der Waals surface area contributed by atoms with Gasteiger partial charge in [0.15, 0.2) is 17.3 Å². The summed E-state index contributed by atoms with van der Waals surface area (Å²) >= 11 is 1.19. The van der Waals surface area contributed by atoms with E-state index >= 15 is 0 Å². The van der Waals surface area contributed by atoms with Gasteiger partial charge in [-0.15, -0.1) is 0 Å². The second kappa shape index (κ2) is 4.33. The molecule has 0 aliphatic carbocycles. The number of nitrogens with zero attached hydrogens (tertiary/aromatic N) is 2. The largest absolute Gasteiger partial charge is 0.504 e. The molecule has 0 fully saturated rings. The highest BCUT2D eigenvalue weighted by atomic mass is 32.1. The highest BCUT2D eigenvalue weighted by molar-refractivity contribution is 7.07. The van der Waals surface area contributed by atoms with Crippen molar-refractivity contribution in [3.05, 3.63) is 30.1 Å². The van der Waals surface area contributed by atoms with Gasteiger partial charge in [0.1, 0.15) is 0 Å². The molecule has 0 amide bonds. The van der Waals surface area contributed by atoms with E-state index in [1.807, 2.05) is 20.8 Å². The molecule has 2 aromatic rings. The summed E-state index contributed by atoms with van der Waals surface area (Å²) in [5.74, 6) is 1.23. The number of phenols is 1. The third-order valence-electron chi connectivity index (χ3n) is 2.14. The minimum atomic E-state index is -0.100. The SMILES string of the molecule is CC(C)(C)c1nsc(Oc2ccccc2O)n1. The number of para-hydroxylation sites is 2. The predicted octanol–water partition coefficient (Wildman–Crippen LogP) is 3.33. The standard InChI is InChI=1S/C12H14N2O2S/c1-12(2,3)10-13-11(17-14-10)16-9-7-5-4-6-8(9)15/h4-7,15H,1-3H3. The van der Waals surface area contributed by atoms with Crippen molar-refractivity contribution in [1.82, 2.24) is 9.36 Å². The quantitative estimate of drug-likeness (QED) is 0.888. The molecule has 1 aromatic heterocycles. The molecular weight excluding hydrogens is 236 g/mol. The summed E-state index contributed by atoms with van der Waals surface area (Å²) < 4.78 is 9.72. The van der Waals surface area contributed by atoms with E-state index in [2.05, 4.69) is 9.36 Å². The summed E-state index contributed by atoms with van der Waals surface area (Å²) in [6.45, 7) is 6.12. The lowest BCUT2D eigenvalue weighted by Crippen LogP contribution is -2.12. The maximum atomic E-state index is 9.57. The van der Waals surface area contributed by atoms with Crippen LogP contribution in [0.2, 0.25) is 0 Å². The summed E-state index contributed by atoms with van der Waals surface area (Å²) in [6.07, 6.45) is 0. The van der Waals surface area contributed by atoms with Crippen LogP contribution in [0.25, 0.3) is 0 Å². The first-order valence-corrected chi connectivity index (χ1v) is 6.04. The van der Waals surface area contributed by atoms with E-state index in [1.165, 1.54) is 11.5 Å². The van der Waals surface area contributed by atoms with Crippen LogP contribution < -0.4 is 4.74 Å². The molecule has 1 aromatic carbocycles. The number of benzene rings is 1. The highest BCUT2D eigenvalue weighted by Gasteiger charge is 2.20. The number of rotatable bonds is 2. The maximum absolute atomic E-state index is 9.57. The Morgan fingerprint density at radius 2 is 1.94 bits per heavy atom. The fourth-order valence-corrected chi connectivity index (χ4v) is 1.93. The van der Waals surface area contributed by atoms with Gasteiger partial charge in [-0.1, -0.05) is 32.9 Å². The van der Waals surface area contributed by atoms with E-state index in [-0.39, 0.29) is 11.2 Å². The Hall–Kier alpha value is -1.62. The van der Waals surface area contributed by atoms with Gasteiger partial charge in [0.05, 0.1) is 0 Å². The number of aromatic hydroxyl groups is 1. The highest BCUT2D eigenvalue weighted by Crippen LogP contribution is 2.32. The summed E-state index contributed by atoms with van der Waals surface area (Å²) in [5.41, 5.74) is -0.100. The van der Waals surface area contributed by atoms with Crippen molar-refractivity contribution in [3.8, 4) is 16.7 Å². The molecule has 0 radical (unpaired) electrons. The first-order valence-electron chi connectivity index (χ1n) is 5.27. The topological polar surface area (TPSA) is 55.2 Å². The maximum Gasteiger partial charge on any atom is 0.298 e. The van der Waals surface area contributed by atoms with Crippen molar-refractivity contribution in [1.29, 1.82) is 0 Å². The molecule has 4 nitrogen and oxygen atoms in total. The van der Waals surface area contributed by atoms with Crippen molar-refractivity contribution in [2.24, 2.45) is 0 Å². The van der Waals surface area contributed by atoms with E-state index in [1.54, 1.807) is 24.3 Å². The van der Waals surface area contributed by atoms with Gasteiger partial charge in [-0.3, -0.25) is 0 Å². The van der Waals surface area contributed by atoms with Crippen LogP contribution in [0, 0.1) is 0 Å². The minimum Gasteiger partial charge on any atom is -0.504 e. The van der Waals surface area contributed by atoms with Gasteiger partial charge in [0.2, 0.25) is 0 Å². The van der Waals surface area contributed by atoms with Crippen LogP contribution in [0.3, 0.4) is 0 Å². The fraction of sp³-hybridized carbons (Fsp3) is 0.333. The van der Waals surface area contributed by atoms with Gasteiger partial charge in [-0.2, -0.15) is 9.36 Å². The summed E-state index contributed by atoms with van der Waals surface area (Å²) in [5, 5.41) is 10.0. The number of hydrogen-bond donors (Lipinski definition) is 1. The van der Waals surface area contributed by atoms with Gasteiger partial charge >= 0.3 is 0 Å². The molecule has 0 bridgehead atoms. The lowest BCUT2D eigenvalue weighted by Gasteiger charge is -2.12. The molecule has 90 valence electrons. The van der Waals surface area contributed by atoms with Crippen LogP contribution in [0.5, 0.6) is 16.7 Å². The Morgan fingerprint density at radius 3 is 2.53 bits per heavy atom. The lowest BCUT2D eigenvalue weighted by molar-refractivity contribution is 0.407. The van der Waals surface area contributed by atoms with Crippen LogP contribution >= 0.6 is 11.5 Å². The second-order valence-corrected chi connectivity index (χ2v) is 5.42. The summed E-state index contributed by atoms with van der Waals surface area (Å²) in [6, 6.07) is 6.79.